The van der Waals surface area contributed by atoms with Crippen LogP contribution < -0.4 is 11.5 Å². The Morgan fingerprint density at radius 2 is 2.32 bits per heavy atom. The molecular weight excluding hydrogens is 285 g/mol. The topological polar surface area (TPSA) is 101 Å². The lowest BCUT2D eigenvalue weighted by Crippen LogP contribution is -2.15. The van der Waals surface area contributed by atoms with Crippen LogP contribution in [0.2, 0.25) is 0 Å². The van der Waals surface area contributed by atoms with E-state index < -0.39 is 11.7 Å². The fraction of sp³-hybridized carbons (Fsp3) is 0.333. The third-order valence-electron chi connectivity index (χ3n) is 4.10. The van der Waals surface area contributed by atoms with Crippen molar-refractivity contribution in [1.29, 1.82) is 0 Å². The summed E-state index contributed by atoms with van der Waals surface area (Å²) in [5.41, 5.74) is 12.8. The number of rotatable bonds is 3. The van der Waals surface area contributed by atoms with E-state index in [-0.39, 0.29) is 11.5 Å². The number of benzene rings is 1. The van der Waals surface area contributed by atoms with E-state index in [4.69, 9.17) is 11.5 Å². The number of hydrogen-bond acceptors (Lipinski definition) is 4. The van der Waals surface area contributed by atoms with Crippen LogP contribution in [0.15, 0.2) is 18.3 Å². The van der Waals surface area contributed by atoms with E-state index in [1.54, 1.807) is 0 Å². The van der Waals surface area contributed by atoms with Crippen LogP contribution in [0.25, 0.3) is 16.6 Å². The number of carbonyl (C=O) groups excluding carboxylic acids is 1. The van der Waals surface area contributed by atoms with Crippen LogP contribution in [0.4, 0.5) is 4.39 Å². The second-order valence-corrected chi connectivity index (χ2v) is 5.67. The van der Waals surface area contributed by atoms with Gasteiger partial charge in [-0.3, -0.25) is 4.79 Å². The average Bonchev–Trinajstić information content (AvgIpc) is 3.05. The predicted molar refractivity (Wildman–Crippen MR) is 82.3 cm³/mol. The van der Waals surface area contributed by atoms with E-state index in [2.05, 4.69) is 14.9 Å². The van der Waals surface area contributed by atoms with E-state index >= 15 is 0 Å². The molecule has 2 aromatic rings. The van der Waals surface area contributed by atoms with Crippen molar-refractivity contribution in [3.05, 3.63) is 35.5 Å². The molecule has 1 aromatic heterocycles. The molecule has 1 atom stereocenters. The van der Waals surface area contributed by atoms with Crippen molar-refractivity contribution in [2.45, 2.75) is 6.42 Å². The average molecular weight is 303 g/mol. The monoisotopic (exact) mass is 303 g/mol. The number of likely N-dealkylation sites (tertiary alicyclic amines) is 1. The molecule has 116 valence electrons. The zero-order chi connectivity index (χ0) is 15.9. The fourth-order valence-electron chi connectivity index (χ4n) is 3.00. The number of H-pyrrole nitrogens is 1. The van der Waals surface area contributed by atoms with Gasteiger partial charge in [-0.15, -0.1) is 0 Å². The lowest BCUT2D eigenvalue weighted by Gasteiger charge is -2.12. The van der Waals surface area contributed by atoms with E-state index in [1.165, 1.54) is 12.3 Å². The number of primary amides is 1. The molecule has 3 rings (SSSR count). The minimum Gasteiger partial charge on any atom is -0.404 e. The zero-order valence-corrected chi connectivity index (χ0v) is 12.3. The quantitative estimate of drug-likeness (QED) is 0.789. The van der Waals surface area contributed by atoms with Crippen LogP contribution >= 0.6 is 0 Å². The summed E-state index contributed by atoms with van der Waals surface area (Å²) < 4.78 is 13.6. The first-order chi connectivity index (χ1) is 10.5. The highest BCUT2D eigenvalue weighted by Crippen LogP contribution is 2.30. The Kier molecular flexibility index (Phi) is 3.58. The van der Waals surface area contributed by atoms with Crippen molar-refractivity contribution in [2.24, 2.45) is 17.4 Å². The highest BCUT2D eigenvalue weighted by Gasteiger charge is 2.26. The summed E-state index contributed by atoms with van der Waals surface area (Å²) in [6, 6.07) is 2.40. The number of nitrogens with one attached hydrogen (secondary N) is 1. The highest BCUT2D eigenvalue weighted by molar-refractivity contribution is 6.04. The van der Waals surface area contributed by atoms with Crippen molar-refractivity contribution in [1.82, 2.24) is 14.9 Å². The first-order valence-electron chi connectivity index (χ1n) is 7.09. The molecule has 0 bridgehead atoms. The smallest absolute Gasteiger partial charge is 0.251 e. The van der Waals surface area contributed by atoms with Crippen molar-refractivity contribution in [3.63, 3.8) is 0 Å². The summed E-state index contributed by atoms with van der Waals surface area (Å²) in [6.07, 6.45) is 2.51. The van der Waals surface area contributed by atoms with Gasteiger partial charge < -0.3 is 21.4 Å². The van der Waals surface area contributed by atoms with Gasteiger partial charge in [0, 0.05) is 24.2 Å². The third-order valence-corrected chi connectivity index (χ3v) is 4.10. The van der Waals surface area contributed by atoms with Gasteiger partial charge >= 0.3 is 0 Å². The number of nitrogens with two attached hydrogens (primary N) is 2. The number of halogens is 1. The molecule has 1 aliphatic heterocycles. The van der Waals surface area contributed by atoms with Crippen LogP contribution in [0.1, 0.15) is 22.6 Å². The van der Waals surface area contributed by atoms with Gasteiger partial charge in [-0.1, -0.05) is 0 Å². The minimum absolute atomic E-state index is 0.0670. The van der Waals surface area contributed by atoms with Crippen LogP contribution in [0.5, 0.6) is 0 Å². The molecule has 0 saturated carbocycles. The van der Waals surface area contributed by atoms with E-state index in [9.17, 15) is 9.18 Å². The number of amides is 1. The molecule has 1 aromatic carbocycles. The van der Waals surface area contributed by atoms with Gasteiger partial charge in [0.25, 0.3) is 5.91 Å². The molecule has 5 N–H and O–H groups in total. The molecule has 1 aliphatic rings. The van der Waals surface area contributed by atoms with Gasteiger partial charge in [0.1, 0.15) is 17.2 Å². The molecule has 0 spiro atoms. The summed E-state index contributed by atoms with van der Waals surface area (Å²) in [4.78, 5) is 21.2. The number of fused-ring (bicyclic) bond motifs is 1. The van der Waals surface area contributed by atoms with Gasteiger partial charge in [-0.2, -0.15) is 0 Å². The molecule has 7 heteroatoms. The van der Waals surface area contributed by atoms with Crippen LogP contribution in [0.3, 0.4) is 0 Å². The number of nitrogens with zero attached hydrogens (tertiary/aromatic N) is 2. The standard InChI is InChI=1S/C15H18FN5O/c1-21-3-2-8(7-21)11(6-17)15-19-12-5-9(16)4-10(14(18)22)13(12)20-15/h4-6,8H,2-3,7,17H2,1H3,(H2,18,22)(H,19,20). The van der Waals surface area contributed by atoms with E-state index in [0.717, 1.165) is 31.1 Å². The number of carbonyl (C=O) groups is 1. The first-order valence-corrected chi connectivity index (χ1v) is 7.09. The molecule has 0 radical (unpaired) electrons. The first kappa shape index (κ1) is 14.5. The molecule has 2 heterocycles. The number of hydrogen-bond donors (Lipinski definition) is 3. The Hall–Kier alpha value is -2.41. The molecule has 22 heavy (non-hydrogen) atoms. The maximum Gasteiger partial charge on any atom is 0.251 e. The SMILES string of the molecule is CN1CCC(C(=CN)c2nc3c(C(N)=O)cc(F)cc3[nH]2)C1. The predicted octanol–water partition coefficient (Wildman–Crippen LogP) is 1.05. The van der Waals surface area contributed by atoms with Crippen LogP contribution in [-0.2, 0) is 0 Å². The largest absolute Gasteiger partial charge is 0.404 e. The Balaban J connectivity index is 2.08. The second kappa shape index (κ2) is 5.42. The minimum atomic E-state index is -0.707. The van der Waals surface area contributed by atoms with Gasteiger partial charge in [-0.25, -0.2) is 9.37 Å². The summed E-state index contributed by atoms with van der Waals surface area (Å²) in [7, 11) is 2.05. The Morgan fingerprint density at radius 1 is 1.55 bits per heavy atom. The Bertz CT molecular complexity index is 767. The fourth-order valence-corrected chi connectivity index (χ4v) is 3.00. The lowest BCUT2D eigenvalue weighted by molar-refractivity contribution is 0.100. The summed E-state index contributed by atoms with van der Waals surface area (Å²) >= 11 is 0. The normalized spacial score (nSPS) is 19.9. The number of imidazole rings is 1. The molecule has 1 amide bonds. The molecular formula is C15H18FN5O. The lowest BCUT2D eigenvalue weighted by atomic mass is 9.98. The molecule has 1 fully saturated rings. The summed E-state index contributed by atoms with van der Waals surface area (Å²) in [6.45, 7) is 1.88. The van der Waals surface area contributed by atoms with Crippen molar-refractivity contribution in [2.75, 3.05) is 20.1 Å². The van der Waals surface area contributed by atoms with Crippen LogP contribution in [-0.4, -0.2) is 40.9 Å². The summed E-state index contributed by atoms with van der Waals surface area (Å²) in [5, 5.41) is 0. The van der Waals surface area contributed by atoms with Crippen molar-refractivity contribution in [3.8, 4) is 0 Å². The maximum absolute atomic E-state index is 13.6. The summed E-state index contributed by atoms with van der Waals surface area (Å²) in [5.74, 6) is -0.417. The van der Waals surface area contributed by atoms with Gasteiger partial charge in [0.2, 0.25) is 0 Å². The molecule has 6 nitrogen and oxygen atoms in total. The van der Waals surface area contributed by atoms with Crippen LogP contribution in [0, 0.1) is 11.7 Å². The zero-order valence-electron chi connectivity index (χ0n) is 12.3. The Labute approximate surface area is 127 Å². The maximum atomic E-state index is 13.6. The van der Waals surface area contributed by atoms with Gasteiger partial charge in [-0.05, 0) is 32.1 Å². The van der Waals surface area contributed by atoms with E-state index in [1.807, 2.05) is 7.05 Å². The second-order valence-electron chi connectivity index (χ2n) is 5.67. The highest BCUT2D eigenvalue weighted by atomic mass is 19.1. The molecule has 1 saturated heterocycles. The Morgan fingerprint density at radius 3 is 2.91 bits per heavy atom. The van der Waals surface area contributed by atoms with Crippen molar-refractivity contribution >= 4 is 22.5 Å². The third kappa shape index (κ3) is 2.43. The molecule has 1 unspecified atom stereocenters. The van der Waals surface area contributed by atoms with Gasteiger partial charge in [0.05, 0.1) is 11.1 Å². The number of aromatic amines is 1. The van der Waals surface area contributed by atoms with E-state index in [0.29, 0.717) is 16.9 Å². The molecule has 0 aliphatic carbocycles. The van der Waals surface area contributed by atoms with Gasteiger partial charge in [0.15, 0.2) is 0 Å². The number of aromatic nitrogens is 2. The van der Waals surface area contributed by atoms with Crippen molar-refractivity contribution < 1.29 is 9.18 Å².